The topological polar surface area (TPSA) is 70.9 Å². The molecule has 90 valence electrons. The van der Waals surface area contributed by atoms with E-state index in [1.54, 1.807) is 0 Å². The maximum absolute atomic E-state index is 11.6. The Hall–Kier alpha value is -1.52. The Morgan fingerprint density at radius 1 is 1.47 bits per heavy atom. The maximum Gasteiger partial charge on any atom is 0.224 e. The summed E-state index contributed by atoms with van der Waals surface area (Å²) in [6.45, 7) is 0.961. The Labute approximate surface area is 104 Å². The van der Waals surface area contributed by atoms with Crippen LogP contribution in [0.3, 0.4) is 0 Å². The van der Waals surface area contributed by atoms with E-state index in [2.05, 4.69) is 10.3 Å². The van der Waals surface area contributed by atoms with Crippen LogP contribution in [0.2, 0.25) is 5.02 Å². The molecule has 1 amide bonds. The molecule has 0 saturated heterocycles. The molecule has 4 nitrogen and oxygen atoms in total. The molecule has 5 heteroatoms. The molecule has 0 bridgehead atoms. The first kappa shape index (κ1) is 12.0. The maximum atomic E-state index is 11.6. The number of hydrogen-bond donors (Lipinski definition) is 3. The van der Waals surface area contributed by atoms with Gasteiger partial charge in [0.1, 0.15) is 0 Å². The molecule has 2 aromatic rings. The quantitative estimate of drug-likeness (QED) is 0.770. The van der Waals surface area contributed by atoms with Crippen LogP contribution in [-0.2, 0) is 11.2 Å². The molecule has 2 rings (SSSR count). The predicted octanol–water partition coefficient (Wildman–Crippen LogP) is 1.44. The Kier molecular flexibility index (Phi) is 3.66. The third-order valence-electron chi connectivity index (χ3n) is 2.55. The van der Waals surface area contributed by atoms with Crippen molar-refractivity contribution in [1.29, 1.82) is 0 Å². The number of carbonyl (C=O) groups excluding carboxylic acids is 1. The molecule has 4 N–H and O–H groups in total. The highest BCUT2D eigenvalue weighted by atomic mass is 35.5. The van der Waals surface area contributed by atoms with Gasteiger partial charge in [-0.25, -0.2) is 0 Å². The van der Waals surface area contributed by atoms with Gasteiger partial charge < -0.3 is 16.0 Å². The molecule has 1 heterocycles. The van der Waals surface area contributed by atoms with Gasteiger partial charge in [0.05, 0.1) is 6.42 Å². The number of carbonyl (C=O) groups is 1. The summed E-state index contributed by atoms with van der Waals surface area (Å²) in [7, 11) is 0. The SMILES string of the molecule is NCCNC(=O)Cc1c[nH]c2cc(Cl)ccc12. The van der Waals surface area contributed by atoms with Crippen molar-refractivity contribution in [2.45, 2.75) is 6.42 Å². The lowest BCUT2D eigenvalue weighted by Gasteiger charge is -2.02. The summed E-state index contributed by atoms with van der Waals surface area (Å²) >= 11 is 5.89. The van der Waals surface area contributed by atoms with Crippen molar-refractivity contribution < 1.29 is 4.79 Å². The zero-order valence-electron chi connectivity index (χ0n) is 9.29. The van der Waals surface area contributed by atoms with Gasteiger partial charge >= 0.3 is 0 Å². The highest BCUT2D eigenvalue weighted by molar-refractivity contribution is 6.31. The van der Waals surface area contributed by atoms with Gasteiger partial charge in [-0.2, -0.15) is 0 Å². The van der Waals surface area contributed by atoms with E-state index in [1.165, 1.54) is 0 Å². The molecule has 0 spiro atoms. The molecular formula is C12H14ClN3O. The van der Waals surface area contributed by atoms with Gasteiger partial charge in [0.15, 0.2) is 0 Å². The second-order valence-corrected chi connectivity index (χ2v) is 4.26. The van der Waals surface area contributed by atoms with E-state index in [0.717, 1.165) is 16.5 Å². The van der Waals surface area contributed by atoms with Crippen molar-refractivity contribution in [2.24, 2.45) is 5.73 Å². The minimum Gasteiger partial charge on any atom is -0.361 e. The van der Waals surface area contributed by atoms with Crippen LogP contribution in [0.25, 0.3) is 10.9 Å². The fourth-order valence-corrected chi connectivity index (χ4v) is 1.92. The van der Waals surface area contributed by atoms with E-state index in [9.17, 15) is 4.79 Å². The fraction of sp³-hybridized carbons (Fsp3) is 0.250. The summed E-state index contributed by atoms with van der Waals surface area (Å²) in [5.41, 5.74) is 7.23. The zero-order valence-corrected chi connectivity index (χ0v) is 10.1. The monoisotopic (exact) mass is 251 g/mol. The molecule has 17 heavy (non-hydrogen) atoms. The number of aromatic nitrogens is 1. The van der Waals surface area contributed by atoms with E-state index in [0.29, 0.717) is 24.5 Å². The average molecular weight is 252 g/mol. The molecule has 1 aromatic heterocycles. The summed E-state index contributed by atoms with van der Waals surface area (Å²) in [5, 5.41) is 4.45. The van der Waals surface area contributed by atoms with Crippen LogP contribution in [0.5, 0.6) is 0 Å². The van der Waals surface area contributed by atoms with Crippen molar-refractivity contribution in [1.82, 2.24) is 10.3 Å². The molecule has 0 aliphatic carbocycles. The number of nitrogens with two attached hydrogens (primary N) is 1. The number of amides is 1. The molecule has 0 atom stereocenters. The van der Waals surface area contributed by atoms with Gasteiger partial charge in [0.2, 0.25) is 5.91 Å². The van der Waals surface area contributed by atoms with Gasteiger partial charge in [-0.15, -0.1) is 0 Å². The highest BCUT2D eigenvalue weighted by Crippen LogP contribution is 2.22. The van der Waals surface area contributed by atoms with Crippen LogP contribution in [0.15, 0.2) is 24.4 Å². The third-order valence-corrected chi connectivity index (χ3v) is 2.78. The molecule has 0 fully saturated rings. The van der Waals surface area contributed by atoms with Crippen molar-refractivity contribution in [3.05, 3.63) is 35.0 Å². The van der Waals surface area contributed by atoms with E-state index in [-0.39, 0.29) is 5.91 Å². The summed E-state index contributed by atoms with van der Waals surface area (Å²) in [6.07, 6.45) is 2.19. The van der Waals surface area contributed by atoms with Gasteiger partial charge in [0.25, 0.3) is 0 Å². The van der Waals surface area contributed by atoms with E-state index >= 15 is 0 Å². The predicted molar refractivity (Wildman–Crippen MR) is 69.1 cm³/mol. The fourth-order valence-electron chi connectivity index (χ4n) is 1.75. The molecule has 0 unspecified atom stereocenters. The average Bonchev–Trinajstić information content (AvgIpc) is 2.69. The minimum atomic E-state index is -0.0219. The molecular weight excluding hydrogens is 238 g/mol. The van der Waals surface area contributed by atoms with Crippen LogP contribution in [-0.4, -0.2) is 24.0 Å². The van der Waals surface area contributed by atoms with Crippen molar-refractivity contribution >= 4 is 28.4 Å². The molecule has 0 aliphatic heterocycles. The lowest BCUT2D eigenvalue weighted by molar-refractivity contribution is -0.120. The van der Waals surface area contributed by atoms with Crippen molar-refractivity contribution in [3.63, 3.8) is 0 Å². The van der Waals surface area contributed by atoms with Crippen LogP contribution >= 0.6 is 11.6 Å². The number of benzene rings is 1. The molecule has 1 aromatic carbocycles. The van der Waals surface area contributed by atoms with E-state index < -0.39 is 0 Å². The first-order chi connectivity index (χ1) is 8.20. The first-order valence-corrected chi connectivity index (χ1v) is 5.81. The standard InChI is InChI=1S/C12H14ClN3O/c13-9-1-2-10-8(7-16-11(10)6-9)5-12(17)15-4-3-14/h1-2,6-7,16H,3-5,14H2,(H,15,17). The van der Waals surface area contributed by atoms with Gasteiger partial charge in [-0.05, 0) is 17.7 Å². The summed E-state index contributed by atoms with van der Waals surface area (Å²) < 4.78 is 0. The Bertz CT molecular complexity index is 536. The number of hydrogen-bond acceptors (Lipinski definition) is 2. The molecule has 0 radical (unpaired) electrons. The third kappa shape index (κ3) is 2.78. The summed E-state index contributed by atoms with van der Waals surface area (Å²) in [6, 6.07) is 5.58. The van der Waals surface area contributed by atoms with Crippen LogP contribution in [0, 0.1) is 0 Å². The number of halogens is 1. The number of fused-ring (bicyclic) bond motifs is 1. The van der Waals surface area contributed by atoms with Crippen LogP contribution in [0.1, 0.15) is 5.56 Å². The normalized spacial score (nSPS) is 10.7. The number of nitrogens with one attached hydrogen (secondary N) is 2. The first-order valence-electron chi connectivity index (χ1n) is 5.43. The van der Waals surface area contributed by atoms with Crippen molar-refractivity contribution in [2.75, 3.05) is 13.1 Å². The van der Waals surface area contributed by atoms with Crippen molar-refractivity contribution in [3.8, 4) is 0 Å². The summed E-state index contributed by atoms with van der Waals surface area (Å²) in [4.78, 5) is 14.7. The minimum absolute atomic E-state index is 0.0219. The van der Waals surface area contributed by atoms with Gasteiger partial charge in [-0.3, -0.25) is 4.79 Å². The number of rotatable bonds is 4. The largest absolute Gasteiger partial charge is 0.361 e. The lowest BCUT2D eigenvalue weighted by Crippen LogP contribution is -2.30. The van der Waals surface area contributed by atoms with Crippen LogP contribution < -0.4 is 11.1 Å². The smallest absolute Gasteiger partial charge is 0.224 e. The Morgan fingerprint density at radius 2 is 2.29 bits per heavy atom. The van der Waals surface area contributed by atoms with Gasteiger partial charge in [0, 0.05) is 35.2 Å². The molecule has 0 aliphatic rings. The molecule has 0 saturated carbocycles. The van der Waals surface area contributed by atoms with E-state index in [1.807, 2.05) is 24.4 Å². The zero-order chi connectivity index (χ0) is 12.3. The number of aromatic amines is 1. The Morgan fingerprint density at radius 3 is 3.06 bits per heavy atom. The second-order valence-electron chi connectivity index (χ2n) is 3.82. The number of H-pyrrole nitrogens is 1. The Balaban J connectivity index is 2.16. The lowest BCUT2D eigenvalue weighted by atomic mass is 10.1. The van der Waals surface area contributed by atoms with Crippen LogP contribution in [0.4, 0.5) is 0 Å². The van der Waals surface area contributed by atoms with E-state index in [4.69, 9.17) is 17.3 Å². The summed E-state index contributed by atoms with van der Waals surface area (Å²) in [5.74, 6) is -0.0219. The second kappa shape index (κ2) is 5.21. The van der Waals surface area contributed by atoms with Gasteiger partial charge in [-0.1, -0.05) is 17.7 Å². The highest BCUT2D eigenvalue weighted by Gasteiger charge is 2.08.